The molecule has 0 aromatic heterocycles. The third-order valence-corrected chi connectivity index (χ3v) is 3.63. The number of Topliss-reactive ketones (excluding diaryl/α,β-unsaturated/α-hetero) is 1. The van der Waals surface area contributed by atoms with Gasteiger partial charge in [-0.25, -0.2) is 4.79 Å². The zero-order valence-electron chi connectivity index (χ0n) is 12.3. The number of piperidine rings is 1. The SMILES string of the molecule is COCC(=O)C1CCCN(C(=O)OCc2ccccc2)C1. The quantitative estimate of drug-likeness (QED) is 0.835. The predicted molar refractivity (Wildman–Crippen MR) is 77.8 cm³/mol. The smallest absolute Gasteiger partial charge is 0.410 e. The van der Waals surface area contributed by atoms with Gasteiger partial charge >= 0.3 is 6.09 Å². The van der Waals surface area contributed by atoms with Gasteiger partial charge in [-0.15, -0.1) is 0 Å². The highest BCUT2D eigenvalue weighted by molar-refractivity contribution is 5.83. The highest BCUT2D eigenvalue weighted by atomic mass is 16.6. The molecule has 1 atom stereocenters. The molecule has 2 rings (SSSR count). The molecule has 1 aliphatic rings. The van der Waals surface area contributed by atoms with Gasteiger partial charge < -0.3 is 14.4 Å². The Hall–Kier alpha value is -1.88. The fourth-order valence-electron chi connectivity index (χ4n) is 2.48. The Morgan fingerprint density at radius 1 is 1.29 bits per heavy atom. The van der Waals surface area contributed by atoms with E-state index in [0.717, 1.165) is 18.4 Å². The van der Waals surface area contributed by atoms with Crippen LogP contribution in [0.1, 0.15) is 18.4 Å². The van der Waals surface area contributed by atoms with E-state index in [1.165, 1.54) is 7.11 Å². The van der Waals surface area contributed by atoms with Gasteiger partial charge in [-0.3, -0.25) is 4.79 Å². The first-order valence-electron chi connectivity index (χ1n) is 7.18. The summed E-state index contributed by atoms with van der Waals surface area (Å²) in [6.45, 7) is 1.44. The van der Waals surface area contributed by atoms with Crippen molar-refractivity contribution < 1.29 is 19.1 Å². The molecule has 1 fully saturated rings. The molecule has 1 heterocycles. The Kier molecular flexibility index (Phi) is 5.75. The Labute approximate surface area is 124 Å². The van der Waals surface area contributed by atoms with Crippen molar-refractivity contribution >= 4 is 11.9 Å². The molecule has 1 amide bonds. The monoisotopic (exact) mass is 291 g/mol. The van der Waals surface area contributed by atoms with Gasteiger partial charge in [0, 0.05) is 26.1 Å². The van der Waals surface area contributed by atoms with Crippen LogP contribution < -0.4 is 0 Å². The lowest BCUT2D eigenvalue weighted by molar-refractivity contribution is -0.128. The van der Waals surface area contributed by atoms with Crippen molar-refractivity contribution in [3.8, 4) is 0 Å². The van der Waals surface area contributed by atoms with Crippen molar-refractivity contribution in [3.05, 3.63) is 35.9 Å². The topological polar surface area (TPSA) is 55.8 Å². The van der Waals surface area contributed by atoms with Crippen molar-refractivity contribution in [3.63, 3.8) is 0 Å². The number of carbonyl (C=O) groups excluding carboxylic acids is 2. The molecule has 114 valence electrons. The van der Waals surface area contributed by atoms with Crippen LogP contribution in [0.25, 0.3) is 0 Å². The summed E-state index contributed by atoms with van der Waals surface area (Å²) in [6.07, 6.45) is 1.28. The summed E-state index contributed by atoms with van der Waals surface area (Å²) < 4.78 is 10.2. The molecule has 0 bridgehead atoms. The number of hydrogen-bond acceptors (Lipinski definition) is 4. The van der Waals surface area contributed by atoms with E-state index in [4.69, 9.17) is 9.47 Å². The molecule has 5 nitrogen and oxygen atoms in total. The molecule has 1 aliphatic heterocycles. The number of carbonyl (C=O) groups is 2. The number of amides is 1. The van der Waals surface area contributed by atoms with Gasteiger partial charge in [0.2, 0.25) is 0 Å². The zero-order valence-corrected chi connectivity index (χ0v) is 12.3. The van der Waals surface area contributed by atoms with Gasteiger partial charge in [0.1, 0.15) is 13.2 Å². The Morgan fingerprint density at radius 3 is 2.76 bits per heavy atom. The number of methoxy groups -OCH3 is 1. The average molecular weight is 291 g/mol. The first kappa shape index (κ1) is 15.5. The molecule has 0 radical (unpaired) electrons. The van der Waals surface area contributed by atoms with E-state index in [0.29, 0.717) is 13.1 Å². The highest BCUT2D eigenvalue weighted by Gasteiger charge is 2.28. The summed E-state index contributed by atoms with van der Waals surface area (Å²) in [5.41, 5.74) is 0.954. The summed E-state index contributed by atoms with van der Waals surface area (Å²) in [5.74, 6) is -0.0824. The van der Waals surface area contributed by atoms with Crippen LogP contribution >= 0.6 is 0 Å². The second-order valence-corrected chi connectivity index (χ2v) is 5.22. The van der Waals surface area contributed by atoms with E-state index in [2.05, 4.69) is 0 Å². The van der Waals surface area contributed by atoms with E-state index in [1.54, 1.807) is 4.90 Å². The van der Waals surface area contributed by atoms with Crippen LogP contribution in [-0.2, 0) is 20.9 Å². The van der Waals surface area contributed by atoms with Crippen LogP contribution in [0.4, 0.5) is 4.79 Å². The number of nitrogens with zero attached hydrogens (tertiary/aromatic N) is 1. The number of likely N-dealkylation sites (tertiary alicyclic amines) is 1. The molecule has 0 aliphatic carbocycles. The number of hydrogen-bond donors (Lipinski definition) is 0. The summed E-state index contributed by atoms with van der Waals surface area (Å²) in [7, 11) is 1.51. The predicted octanol–water partition coefficient (Wildman–Crippen LogP) is 2.25. The van der Waals surface area contributed by atoms with Crippen LogP contribution in [0, 0.1) is 5.92 Å². The normalized spacial score (nSPS) is 18.3. The lowest BCUT2D eigenvalue weighted by Crippen LogP contribution is -2.43. The minimum atomic E-state index is -0.353. The number of rotatable bonds is 5. The van der Waals surface area contributed by atoms with Crippen molar-refractivity contribution in [1.29, 1.82) is 0 Å². The standard InChI is InChI=1S/C16H21NO4/c1-20-12-15(18)14-8-5-9-17(10-14)16(19)21-11-13-6-3-2-4-7-13/h2-4,6-7,14H,5,8-12H2,1H3. The lowest BCUT2D eigenvalue weighted by Gasteiger charge is -2.31. The first-order chi connectivity index (χ1) is 10.2. The molecule has 1 aromatic rings. The van der Waals surface area contributed by atoms with Gasteiger partial charge in [-0.1, -0.05) is 30.3 Å². The van der Waals surface area contributed by atoms with Crippen LogP contribution in [0.3, 0.4) is 0 Å². The Morgan fingerprint density at radius 2 is 2.05 bits per heavy atom. The molecule has 1 saturated heterocycles. The number of ether oxygens (including phenoxy) is 2. The van der Waals surface area contributed by atoms with Crippen molar-refractivity contribution in [2.75, 3.05) is 26.8 Å². The summed E-state index contributed by atoms with van der Waals surface area (Å²) in [4.78, 5) is 25.5. The molecular weight excluding hydrogens is 270 g/mol. The van der Waals surface area contributed by atoms with Gasteiger partial charge in [0.25, 0.3) is 0 Å². The molecule has 0 N–H and O–H groups in total. The van der Waals surface area contributed by atoms with E-state index >= 15 is 0 Å². The maximum Gasteiger partial charge on any atom is 0.410 e. The summed E-state index contributed by atoms with van der Waals surface area (Å²) in [6, 6.07) is 9.55. The second-order valence-electron chi connectivity index (χ2n) is 5.22. The van der Waals surface area contributed by atoms with Crippen LogP contribution in [-0.4, -0.2) is 43.6 Å². The first-order valence-corrected chi connectivity index (χ1v) is 7.18. The minimum Gasteiger partial charge on any atom is -0.445 e. The van der Waals surface area contributed by atoms with Crippen molar-refractivity contribution in [2.45, 2.75) is 19.4 Å². The van der Waals surface area contributed by atoms with Gasteiger partial charge in [0.15, 0.2) is 5.78 Å². The molecular formula is C16H21NO4. The number of benzene rings is 1. The molecule has 1 aromatic carbocycles. The summed E-state index contributed by atoms with van der Waals surface area (Å²) >= 11 is 0. The van der Waals surface area contributed by atoms with Gasteiger partial charge in [-0.2, -0.15) is 0 Å². The van der Waals surface area contributed by atoms with Crippen molar-refractivity contribution in [1.82, 2.24) is 4.90 Å². The van der Waals surface area contributed by atoms with Gasteiger partial charge in [-0.05, 0) is 18.4 Å². The van der Waals surface area contributed by atoms with Gasteiger partial charge in [0.05, 0.1) is 0 Å². The minimum absolute atomic E-state index is 0.0538. The molecule has 5 heteroatoms. The third kappa shape index (κ3) is 4.56. The Balaban J connectivity index is 1.83. The number of ketones is 1. The van der Waals surface area contributed by atoms with Crippen LogP contribution in [0.5, 0.6) is 0 Å². The van der Waals surface area contributed by atoms with E-state index in [1.807, 2.05) is 30.3 Å². The second kappa shape index (κ2) is 7.78. The lowest BCUT2D eigenvalue weighted by atomic mass is 9.94. The molecule has 21 heavy (non-hydrogen) atoms. The summed E-state index contributed by atoms with van der Waals surface area (Å²) in [5, 5.41) is 0. The van der Waals surface area contributed by atoms with Crippen LogP contribution in [0.2, 0.25) is 0 Å². The average Bonchev–Trinajstić information content (AvgIpc) is 2.54. The maximum atomic E-state index is 12.1. The zero-order chi connectivity index (χ0) is 15.1. The molecule has 0 saturated carbocycles. The third-order valence-electron chi connectivity index (χ3n) is 3.63. The Bertz CT molecular complexity index is 474. The largest absolute Gasteiger partial charge is 0.445 e. The van der Waals surface area contributed by atoms with E-state index < -0.39 is 0 Å². The highest BCUT2D eigenvalue weighted by Crippen LogP contribution is 2.18. The molecule has 0 spiro atoms. The van der Waals surface area contributed by atoms with E-state index in [9.17, 15) is 9.59 Å². The fourth-order valence-corrected chi connectivity index (χ4v) is 2.48. The fraction of sp³-hybridized carbons (Fsp3) is 0.500. The maximum absolute atomic E-state index is 12.1. The van der Waals surface area contributed by atoms with E-state index in [-0.39, 0.29) is 31.0 Å². The van der Waals surface area contributed by atoms with Crippen LogP contribution in [0.15, 0.2) is 30.3 Å². The molecule has 1 unspecified atom stereocenters. The van der Waals surface area contributed by atoms with Crippen molar-refractivity contribution in [2.24, 2.45) is 5.92 Å².